The van der Waals surface area contributed by atoms with Gasteiger partial charge in [-0.1, -0.05) is 188 Å². The molecule has 15 aromatic rings. The van der Waals surface area contributed by atoms with Gasteiger partial charge in [0.15, 0.2) is 0 Å². The Morgan fingerprint density at radius 3 is 1.10 bits per heavy atom. The molecule has 0 atom stereocenters. The van der Waals surface area contributed by atoms with Gasteiger partial charge in [-0.3, -0.25) is 0 Å². The largest absolute Gasteiger partial charge is 0.311 e. The molecule has 0 fully saturated rings. The van der Waals surface area contributed by atoms with Crippen LogP contribution in [0.5, 0.6) is 0 Å². The van der Waals surface area contributed by atoms with Crippen LogP contribution in [0.25, 0.3) is 98.4 Å². The maximum absolute atomic E-state index is 2.59. The highest BCUT2D eigenvalue weighted by atomic mass is 15.2. The van der Waals surface area contributed by atoms with E-state index in [9.17, 15) is 0 Å². The highest BCUT2D eigenvalue weighted by Gasteiger charge is 2.45. The number of nitrogens with zero attached hydrogens (tertiary/aromatic N) is 4. The van der Waals surface area contributed by atoms with Crippen LogP contribution >= 0.6 is 0 Å². The zero-order valence-electron chi connectivity index (χ0n) is 38.4. The molecule has 0 radical (unpaired) electrons. The van der Waals surface area contributed by atoms with Crippen molar-refractivity contribution in [3.63, 3.8) is 0 Å². The maximum atomic E-state index is 2.59. The first-order chi connectivity index (χ1) is 35.3. The van der Waals surface area contributed by atoms with Crippen LogP contribution in [0.15, 0.2) is 237 Å². The maximum Gasteiger partial charge on any atom is 0.252 e. The number of para-hydroxylation sites is 6. The monoisotopic (exact) mass is 898 g/mol. The molecular formula is C66H39BN4. The third-order valence-corrected chi connectivity index (χ3v) is 16.1. The third-order valence-electron chi connectivity index (χ3n) is 16.1. The molecular weight excluding hydrogens is 860 g/mol. The summed E-state index contributed by atoms with van der Waals surface area (Å²) < 4.78 is 5.07. The topological polar surface area (TPSA) is 15.3 Å². The van der Waals surface area contributed by atoms with E-state index in [1.54, 1.807) is 0 Å². The zero-order chi connectivity index (χ0) is 46.1. The summed E-state index contributed by atoms with van der Waals surface area (Å²) in [4.78, 5) is 5.19. The Kier molecular flexibility index (Phi) is 7.26. The average Bonchev–Trinajstić information content (AvgIpc) is 4.18. The van der Waals surface area contributed by atoms with E-state index in [0.717, 1.165) is 11.4 Å². The third kappa shape index (κ3) is 4.80. The summed E-state index contributed by atoms with van der Waals surface area (Å²) in [6.07, 6.45) is 0. The number of aromatic nitrogens is 2. The fourth-order valence-corrected chi connectivity index (χ4v) is 13.4. The van der Waals surface area contributed by atoms with Crippen molar-refractivity contribution < 1.29 is 0 Å². The first kappa shape index (κ1) is 37.6. The Labute approximate surface area is 408 Å². The summed E-state index contributed by atoms with van der Waals surface area (Å²) in [5.41, 5.74) is 23.2. The van der Waals surface area contributed by atoms with Gasteiger partial charge in [-0.05, 0) is 76.0 Å². The number of hydrogen-bond donors (Lipinski definition) is 0. The molecule has 0 saturated heterocycles. The molecule has 0 N–H and O–H groups in total. The number of hydrogen-bond acceptors (Lipinski definition) is 2. The lowest BCUT2D eigenvalue weighted by Crippen LogP contribution is -2.61. The standard InChI is InChI=1S/C66H39BN4/c1-3-18-40(19-4-1)42-22-7-11-30-54(42)68-58-34-17-35-59-64(58)67(52-36-50-48-28-15-26-46-44-24-9-13-32-56(44)70(65(46)48)60(50)38-62(52)68)53-37-51-49-29-16-27-47-45-25-10-14-33-57(45)71(66(47)49)61(51)39-63(53)69(59)55-31-12-8-23-43(55)41-20-5-2-6-21-41/h1-39H. The summed E-state index contributed by atoms with van der Waals surface area (Å²) in [6.45, 7) is -0.0890. The summed E-state index contributed by atoms with van der Waals surface area (Å²) in [6, 6.07) is 88.7. The molecule has 2 aliphatic rings. The number of benzene rings is 11. The molecule has 326 valence electrons. The van der Waals surface area contributed by atoms with Gasteiger partial charge in [0.25, 0.3) is 6.71 Å². The molecule has 5 heteroatoms. The number of rotatable bonds is 4. The molecule has 0 spiro atoms. The Balaban J connectivity index is 1.05. The van der Waals surface area contributed by atoms with Crippen molar-refractivity contribution in [2.45, 2.75) is 0 Å². The van der Waals surface area contributed by atoms with Crippen molar-refractivity contribution in [1.82, 2.24) is 8.80 Å². The Morgan fingerprint density at radius 2 is 0.620 bits per heavy atom. The van der Waals surface area contributed by atoms with Crippen molar-refractivity contribution in [1.29, 1.82) is 0 Å². The van der Waals surface area contributed by atoms with E-state index in [1.165, 1.54) is 138 Å². The van der Waals surface area contributed by atoms with Gasteiger partial charge < -0.3 is 18.6 Å². The van der Waals surface area contributed by atoms with Gasteiger partial charge in [0.2, 0.25) is 0 Å². The average molecular weight is 899 g/mol. The van der Waals surface area contributed by atoms with Gasteiger partial charge in [-0.2, -0.15) is 0 Å². The fraction of sp³-hybridized carbons (Fsp3) is 0. The summed E-state index contributed by atoms with van der Waals surface area (Å²) in [5.74, 6) is 0. The second-order valence-electron chi connectivity index (χ2n) is 19.5. The normalized spacial score (nSPS) is 13.3. The molecule has 71 heavy (non-hydrogen) atoms. The molecule has 11 aromatic carbocycles. The van der Waals surface area contributed by atoms with Gasteiger partial charge in [0, 0.05) is 77.0 Å². The van der Waals surface area contributed by atoms with Gasteiger partial charge in [-0.25, -0.2) is 0 Å². The molecule has 0 unspecified atom stereocenters. The number of fused-ring (bicyclic) bond motifs is 16. The van der Waals surface area contributed by atoms with Crippen LogP contribution in [0.3, 0.4) is 0 Å². The Bertz CT molecular complexity index is 4430. The summed E-state index contributed by atoms with van der Waals surface area (Å²) in [5, 5.41) is 10.3. The molecule has 17 rings (SSSR count). The number of anilines is 6. The quantitative estimate of drug-likeness (QED) is 0.164. The van der Waals surface area contributed by atoms with Gasteiger partial charge in [0.1, 0.15) is 0 Å². The fourth-order valence-electron chi connectivity index (χ4n) is 13.4. The molecule has 6 heterocycles. The van der Waals surface area contributed by atoms with Gasteiger partial charge in [0.05, 0.1) is 44.5 Å². The van der Waals surface area contributed by atoms with E-state index in [1.807, 2.05) is 0 Å². The van der Waals surface area contributed by atoms with E-state index in [-0.39, 0.29) is 6.71 Å². The lowest BCUT2D eigenvalue weighted by Gasteiger charge is -2.44. The summed E-state index contributed by atoms with van der Waals surface area (Å²) >= 11 is 0. The molecule has 0 bridgehead atoms. The Hall–Kier alpha value is -9.32. The van der Waals surface area contributed by atoms with Gasteiger partial charge >= 0.3 is 0 Å². The minimum Gasteiger partial charge on any atom is -0.311 e. The predicted octanol–water partition coefficient (Wildman–Crippen LogP) is 15.4. The predicted molar refractivity (Wildman–Crippen MR) is 301 cm³/mol. The smallest absolute Gasteiger partial charge is 0.252 e. The van der Waals surface area contributed by atoms with Crippen molar-refractivity contribution in [2.24, 2.45) is 0 Å². The first-order valence-electron chi connectivity index (χ1n) is 24.7. The second kappa shape index (κ2) is 13.7. The van der Waals surface area contributed by atoms with Gasteiger partial charge in [-0.15, -0.1) is 0 Å². The molecule has 4 nitrogen and oxygen atoms in total. The highest BCUT2D eigenvalue weighted by Crippen LogP contribution is 2.51. The minimum atomic E-state index is -0.0890. The van der Waals surface area contributed by atoms with Crippen LogP contribution in [-0.2, 0) is 0 Å². The SMILES string of the molecule is c1ccc(-c2ccccc2N2c3cc4c(cc3B3c5cc6c7cccc8c9ccccc9n(c6cc5N(c5ccccc5-c5ccccc5)c5cccc2c53)c87)c2cccc3c5ccccc5n4c32)cc1. The van der Waals surface area contributed by atoms with E-state index >= 15 is 0 Å². The zero-order valence-corrected chi connectivity index (χ0v) is 38.4. The highest BCUT2D eigenvalue weighted by molar-refractivity contribution is 7.00. The van der Waals surface area contributed by atoms with E-state index in [0.29, 0.717) is 0 Å². The first-order valence-corrected chi connectivity index (χ1v) is 24.7. The molecule has 0 saturated carbocycles. The molecule has 0 amide bonds. The van der Waals surface area contributed by atoms with Crippen molar-refractivity contribution in [2.75, 3.05) is 9.80 Å². The van der Waals surface area contributed by atoms with Crippen LogP contribution in [0, 0.1) is 0 Å². The van der Waals surface area contributed by atoms with Crippen LogP contribution in [0.2, 0.25) is 0 Å². The summed E-state index contributed by atoms with van der Waals surface area (Å²) in [7, 11) is 0. The van der Waals surface area contributed by atoms with Crippen molar-refractivity contribution in [3.8, 4) is 22.3 Å². The Morgan fingerprint density at radius 1 is 0.254 bits per heavy atom. The van der Waals surface area contributed by atoms with Crippen molar-refractivity contribution in [3.05, 3.63) is 237 Å². The van der Waals surface area contributed by atoms with Crippen molar-refractivity contribution >= 4 is 133 Å². The van der Waals surface area contributed by atoms with Crippen LogP contribution in [0.1, 0.15) is 0 Å². The second-order valence-corrected chi connectivity index (χ2v) is 19.5. The lowest BCUT2D eigenvalue weighted by atomic mass is 9.33. The van der Waals surface area contributed by atoms with E-state index in [4.69, 9.17) is 0 Å². The molecule has 0 aliphatic carbocycles. The van der Waals surface area contributed by atoms with E-state index in [2.05, 4.69) is 255 Å². The van der Waals surface area contributed by atoms with E-state index < -0.39 is 0 Å². The molecule has 2 aliphatic heterocycles. The van der Waals surface area contributed by atoms with Crippen LogP contribution < -0.4 is 26.2 Å². The van der Waals surface area contributed by atoms with Crippen LogP contribution in [0.4, 0.5) is 34.1 Å². The van der Waals surface area contributed by atoms with Crippen LogP contribution in [-0.4, -0.2) is 15.5 Å². The lowest BCUT2D eigenvalue weighted by molar-refractivity contribution is 1.25. The molecule has 4 aromatic heterocycles. The minimum absolute atomic E-state index is 0.0890.